The van der Waals surface area contributed by atoms with E-state index in [4.69, 9.17) is 4.98 Å². The first kappa shape index (κ1) is 23.1. The van der Waals surface area contributed by atoms with E-state index in [0.717, 1.165) is 24.9 Å². The summed E-state index contributed by atoms with van der Waals surface area (Å²) in [6.07, 6.45) is 2.32. The standard InChI is InChI=1S/C25H34N6O2/c1-16(2)13-20(32)30-12-6-7-18(15-30)22-26-23-21(24(33)27-22)28-29-31(23)14-17-8-10-19(11-9-17)25(3,4)5/h8-11,16,18H,6-7,12-15H2,1-5H3,(H,26,27,33)/t18-/m1/s1. The number of rotatable bonds is 5. The van der Waals surface area contributed by atoms with Crippen molar-refractivity contribution in [2.24, 2.45) is 5.92 Å². The summed E-state index contributed by atoms with van der Waals surface area (Å²) < 4.78 is 1.69. The highest BCUT2D eigenvalue weighted by Gasteiger charge is 2.27. The van der Waals surface area contributed by atoms with E-state index >= 15 is 0 Å². The van der Waals surface area contributed by atoms with Crippen LogP contribution in [0.2, 0.25) is 0 Å². The highest BCUT2D eigenvalue weighted by molar-refractivity contribution is 5.76. The van der Waals surface area contributed by atoms with Crippen molar-refractivity contribution in [3.63, 3.8) is 0 Å². The van der Waals surface area contributed by atoms with Crippen molar-refractivity contribution in [3.8, 4) is 0 Å². The topological polar surface area (TPSA) is 96.8 Å². The third-order valence-electron chi connectivity index (χ3n) is 6.29. The number of amides is 1. The van der Waals surface area contributed by atoms with Crippen LogP contribution in [0.15, 0.2) is 29.1 Å². The van der Waals surface area contributed by atoms with Crippen LogP contribution in [0, 0.1) is 5.92 Å². The SMILES string of the molecule is CC(C)CC(=O)N1CCC[C@@H](c2nc3c(nnn3Cc3ccc(C(C)(C)C)cc3)c(=O)[nH]2)C1. The average molecular weight is 451 g/mol. The van der Waals surface area contributed by atoms with Crippen molar-refractivity contribution in [2.75, 3.05) is 13.1 Å². The second-order valence-electron chi connectivity index (χ2n) is 10.6. The normalized spacial score (nSPS) is 17.2. The molecule has 1 aliphatic heterocycles. The van der Waals surface area contributed by atoms with Gasteiger partial charge in [-0.2, -0.15) is 0 Å². The van der Waals surface area contributed by atoms with Gasteiger partial charge in [0.2, 0.25) is 5.91 Å². The van der Waals surface area contributed by atoms with Gasteiger partial charge < -0.3 is 9.88 Å². The summed E-state index contributed by atoms with van der Waals surface area (Å²) >= 11 is 0. The third kappa shape index (κ3) is 5.15. The van der Waals surface area contributed by atoms with Crippen LogP contribution in [0.3, 0.4) is 0 Å². The monoisotopic (exact) mass is 450 g/mol. The maximum atomic E-state index is 12.7. The molecule has 2 aromatic heterocycles. The van der Waals surface area contributed by atoms with Crippen molar-refractivity contribution in [3.05, 3.63) is 51.6 Å². The molecule has 1 amide bonds. The fourth-order valence-electron chi connectivity index (χ4n) is 4.37. The third-order valence-corrected chi connectivity index (χ3v) is 6.29. The molecule has 176 valence electrons. The first-order valence-electron chi connectivity index (χ1n) is 11.8. The minimum absolute atomic E-state index is 0.00128. The largest absolute Gasteiger partial charge is 0.342 e. The summed E-state index contributed by atoms with van der Waals surface area (Å²) in [5.41, 5.74) is 2.87. The number of hydrogen-bond donors (Lipinski definition) is 1. The number of nitrogens with zero attached hydrogens (tertiary/aromatic N) is 5. The van der Waals surface area contributed by atoms with E-state index in [2.05, 4.69) is 74.2 Å². The Morgan fingerprint density at radius 1 is 1.21 bits per heavy atom. The van der Waals surface area contributed by atoms with Gasteiger partial charge in [-0.15, -0.1) is 5.10 Å². The Balaban J connectivity index is 1.58. The molecule has 1 N–H and O–H groups in total. The van der Waals surface area contributed by atoms with Crippen LogP contribution < -0.4 is 5.56 Å². The zero-order valence-electron chi connectivity index (χ0n) is 20.3. The van der Waals surface area contributed by atoms with E-state index in [9.17, 15) is 9.59 Å². The van der Waals surface area contributed by atoms with Gasteiger partial charge in [0.25, 0.3) is 5.56 Å². The molecule has 0 saturated carbocycles. The summed E-state index contributed by atoms with van der Waals surface area (Å²) in [6.45, 7) is 12.5. The van der Waals surface area contributed by atoms with E-state index in [1.807, 2.05) is 4.90 Å². The highest BCUT2D eigenvalue weighted by Crippen LogP contribution is 2.26. The van der Waals surface area contributed by atoms with E-state index in [-0.39, 0.29) is 28.3 Å². The Morgan fingerprint density at radius 2 is 1.94 bits per heavy atom. The smallest absolute Gasteiger partial charge is 0.281 e. The summed E-state index contributed by atoms with van der Waals surface area (Å²) in [7, 11) is 0. The number of carbonyl (C=O) groups excluding carboxylic acids is 1. The maximum Gasteiger partial charge on any atom is 0.281 e. The van der Waals surface area contributed by atoms with E-state index in [1.165, 1.54) is 5.56 Å². The Kier molecular flexibility index (Phi) is 6.36. The minimum Gasteiger partial charge on any atom is -0.342 e. The zero-order valence-corrected chi connectivity index (χ0v) is 20.3. The van der Waals surface area contributed by atoms with Gasteiger partial charge in [0, 0.05) is 25.4 Å². The zero-order chi connectivity index (χ0) is 23.8. The Labute approximate surface area is 194 Å². The lowest BCUT2D eigenvalue weighted by Crippen LogP contribution is -2.40. The van der Waals surface area contributed by atoms with E-state index in [1.54, 1.807) is 4.68 Å². The number of H-pyrrole nitrogens is 1. The molecular formula is C25H34N6O2. The van der Waals surface area contributed by atoms with Gasteiger partial charge in [0.15, 0.2) is 11.2 Å². The van der Waals surface area contributed by atoms with Crippen LogP contribution in [-0.4, -0.2) is 48.9 Å². The summed E-state index contributed by atoms with van der Waals surface area (Å²) in [5, 5.41) is 8.28. The number of aromatic nitrogens is 5. The molecule has 1 aliphatic rings. The summed E-state index contributed by atoms with van der Waals surface area (Å²) in [4.78, 5) is 34.9. The van der Waals surface area contributed by atoms with E-state index in [0.29, 0.717) is 36.9 Å². The molecule has 0 aliphatic carbocycles. The van der Waals surface area contributed by atoms with Crippen LogP contribution >= 0.6 is 0 Å². The van der Waals surface area contributed by atoms with Gasteiger partial charge in [-0.05, 0) is 35.3 Å². The van der Waals surface area contributed by atoms with Crippen molar-refractivity contribution in [1.82, 2.24) is 29.9 Å². The van der Waals surface area contributed by atoms with Crippen LogP contribution in [0.4, 0.5) is 0 Å². The van der Waals surface area contributed by atoms with Gasteiger partial charge in [0.05, 0.1) is 6.54 Å². The van der Waals surface area contributed by atoms with Gasteiger partial charge in [0.1, 0.15) is 5.82 Å². The molecule has 1 aromatic carbocycles. The molecule has 3 aromatic rings. The molecule has 33 heavy (non-hydrogen) atoms. The number of likely N-dealkylation sites (tertiary alicyclic amines) is 1. The lowest BCUT2D eigenvalue weighted by Gasteiger charge is -2.32. The van der Waals surface area contributed by atoms with Gasteiger partial charge >= 0.3 is 0 Å². The van der Waals surface area contributed by atoms with Gasteiger partial charge in [-0.3, -0.25) is 9.59 Å². The van der Waals surface area contributed by atoms with Crippen LogP contribution in [0.5, 0.6) is 0 Å². The van der Waals surface area contributed by atoms with Crippen LogP contribution in [0.25, 0.3) is 11.2 Å². The minimum atomic E-state index is -0.282. The fourth-order valence-corrected chi connectivity index (χ4v) is 4.37. The van der Waals surface area contributed by atoms with Gasteiger partial charge in [-0.1, -0.05) is 64.1 Å². The number of aromatic amines is 1. The highest BCUT2D eigenvalue weighted by atomic mass is 16.2. The first-order valence-corrected chi connectivity index (χ1v) is 11.8. The van der Waals surface area contributed by atoms with Crippen molar-refractivity contribution in [2.45, 2.75) is 71.8 Å². The molecule has 0 bridgehead atoms. The fraction of sp³-hybridized carbons (Fsp3) is 0.560. The van der Waals surface area contributed by atoms with Crippen molar-refractivity contribution < 1.29 is 4.79 Å². The second-order valence-corrected chi connectivity index (χ2v) is 10.6. The maximum absolute atomic E-state index is 12.7. The van der Waals surface area contributed by atoms with E-state index < -0.39 is 0 Å². The predicted molar refractivity (Wildman–Crippen MR) is 128 cm³/mol. The average Bonchev–Trinajstić information content (AvgIpc) is 3.16. The molecular weight excluding hydrogens is 416 g/mol. The molecule has 8 heteroatoms. The van der Waals surface area contributed by atoms with Gasteiger partial charge in [-0.25, -0.2) is 9.67 Å². The number of piperidine rings is 1. The molecule has 1 atom stereocenters. The Bertz CT molecular complexity index is 1190. The number of nitrogens with one attached hydrogen (secondary N) is 1. The molecule has 0 spiro atoms. The van der Waals surface area contributed by atoms with Crippen molar-refractivity contribution >= 4 is 17.1 Å². The number of carbonyl (C=O) groups is 1. The molecule has 8 nitrogen and oxygen atoms in total. The summed E-state index contributed by atoms with van der Waals surface area (Å²) in [5.74, 6) is 1.11. The number of fused-ring (bicyclic) bond motifs is 1. The van der Waals surface area contributed by atoms with Crippen molar-refractivity contribution in [1.29, 1.82) is 0 Å². The van der Waals surface area contributed by atoms with Crippen LogP contribution in [-0.2, 0) is 16.8 Å². The predicted octanol–water partition coefficient (Wildman–Crippen LogP) is 3.61. The second kappa shape index (κ2) is 9.08. The molecule has 1 saturated heterocycles. The number of hydrogen-bond acceptors (Lipinski definition) is 5. The lowest BCUT2D eigenvalue weighted by atomic mass is 9.87. The molecule has 1 fully saturated rings. The first-order chi connectivity index (χ1) is 15.6. The Hall–Kier alpha value is -3.03. The lowest BCUT2D eigenvalue weighted by molar-refractivity contribution is -0.133. The van der Waals surface area contributed by atoms with Crippen LogP contribution in [0.1, 0.15) is 76.8 Å². The Morgan fingerprint density at radius 3 is 2.61 bits per heavy atom. The molecule has 4 rings (SSSR count). The molecule has 0 unspecified atom stereocenters. The summed E-state index contributed by atoms with van der Waals surface area (Å²) in [6, 6.07) is 8.43. The molecule has 3 heterocycles. The quantitative estimate of drug-likeness (QED) is 0.640. The molecule has 0 radical (unpaired) electrons. The number of benzene rings is 1.